The number of nitrogens with zero attached hydrogens (tertiary/aromatic N) is 1. The third-order valence-electron chi connectivity index (χ3n) is 2.81. The van der Waals surface area contributed by atoms with Crippen molar-refractivity contribution >= 4 is 21.7 Å². The van der Waals surface area contributed by atoms with Gasteiger partial charge in [-0.15, -0.1) is 0 Å². The van der Waals surface area contributed by atoms with Gasteiger partial charge in [-0.05, 0) is 41.8 Å². The molecular formula is C16H19BrN2O. The molecular weight excluding hydrogens is 316 g/mol. The SMILES string of the molecule is CCCNc1cc(COCc2cccc(Br)c2)ccn1. The molecule has 1 heterocycles. The minimum absolute atomic E-state index is 0.593. The van der Waals surface area contributed by atoms with Crippen molar-refractivity contribution < 1.29 is 4.74 Å². The van der Waals surface area contributed by atoms with Gasteiger partial charge in [-0.1, -0.05) is 35.0 Å². The predicted octanol–water partition coefficient (Wildman–Crippen LogP) is 4.38. The largest absolute Gasteiger partial charge is 0.372 e. The highest BCUT2D eigenvalue weighted by Crippen LogP contribution is 2.14. The van der Waals surface area contributed by atoms with Crippen LogP contribution in [0.1, 0.15) is 24.5 Å². The molecule has 1 N–H and O–H groups in total. The van der Waals surface area contributed by atoms with Crippen LogP contribution in [0.4, 0.5) is 5.82 Å². The third-order valence-corrected chi connectivity index (χ3v) is 3.30. The Balaban J connectivity index is 1.84. The molecule has 0 aliphatic carbocycles. The number of ether oxygens (including phenoxy) is 1. The zero-order chi connectivity index (χ0) is 14.2. The zero-order valence-corrected chi connectivity index (χ0v) is 13.2. The van der Waals surface area contributed by atoms with Crippen LogP contribution in [0.5, 0.6) is 0 Å². The van der Waals surface area contributed by atoms with Gasteiger partial charge in [-0.25, -0.2) is 4.98 Å². The fraction of sp³-hybridized carbons (Fsp3) is 0.312. The molecule has 0 aliphatic heterocycles. The van der Waals surface area contributed by atoms with Gasteiger partial charge in [0.15, 0.2) is 0 Å². The molecule has 0 amide bonds. The highest BCUT2D eigenvalue weighted by atomic mass is 79.9. The van der Waals surface area contributed by atoms with E-state index in [1.807, 2.05) is 30.5 Å². The minimum Gasteiger partial charge on any atom is -0.372 e. The average molecular weight is 335 g/mol. The molecule has 106 valence electrons. The predicted molar refractivity (Wildman–Crippen MR) is 85.7 cm³/mol. The first-order valence-electron chi connectivity index (χ1n) is 6.79. The lowest BCUT2D eigenvalue weighted by molar-refractivity contribution is 0.107. The lowest BCUT2D eigenvalue weighted by Crippen LogP contribution is -2.02. The highest BCUT2D eigenvalue weighted by molar-refractivity contribution is 9.10. The Morgan fingerprint density at radius 3 is 2.70 bits per heavy atom. The molecule has 20 heavy (non-hydrogen) atoms. The first-order valence-corrected chi connectivity index (χ1v) is 7.58. The highest BCUT2D eigenvalue weighted by Gasteiger charge is 1.99. The molecule has 0 spiro atoms. The van der Waals surface area contributed by atoms with Crippen LogP contribution < -0.4 is 5.32 Å². The van der Waals surface area contributed by atoms with Crippen molar-refractivity contribution in [2.24, 2.45) is 0 Å². The third kappa shape index (κ3) is 4.94. The molecule has 1 aromatic heterocycles. The smallest absolute Gasteiger partial charge is 0.126 e. The van der Waals surface area contributed by atoms with Gasteiger partial charge in [-0.2, -0.15) is 0 Å². The van der Waals surface area contributed by atoms with Crippen molar-refractivity contribution in [1.29, 1.82) is 0 Å². The number of hydrogen-bond acceptors (Lipinski definition) is 3. The van der Waals surface area contributed by atoms with Crippen molar-refractivity contribution in [3.8, 4) is 0 Å². The Bertz CT molecular complexity index is 546. The quantitative estimate of drug-likeness (QED) is 0.815. The molecule has 2 rings (SSSR count). The van der Waals surface area contributed by atoms with Crippen LogP contribution in [0.3, 0.4) is 0 Å². The van der Waals surface area contributed by atoms with Crippen molar-refractivity contribution in [1.82, 2.24) is 4.98 Å². The molecule has 4 heteroatoms. The number of halogens is 1. The molecule has 0 unspecified atom stereocenters. The van der Waals surface area contributed by atoms with Crippen LogP contribution in [0, 0.1) is 0 Å². The number of rotatable bonds is 7. The second kappa shape index (κ2) is 8.02. The first-order chi connectivity index (χ1) is 9.78. The maximum atomic E-state index is 5.74. The summed E-state index contributed by atoms with van der Waals surface area (Å²) in [6.07, 6.45) is 2.90. The number of aromatic nitrogens is 1. The Kier molecular flexibility index (Phi) is 6.02. The Morgan fingerprint density at radius 1 is 1.15 bits per heavy atom. The average Bonchev–Trinajstić information content (AvgIpc) is 2.46. The maximum absolute atomic E-state index is 5.74. The number of nitrogens with one attached hydrogen (secondary N) is 1. The summed E-state index contributed by atoms with van der Waals surface area (Å²) in [6, 6.07) is 12.2. The normalized spacial score (nSPS) is 10.5. The van der Waals surface area contributed by atoms with E-state index in [-0.39, 0.29) is 0 Å². The summed E-state index contributed by atoms with van der Waals surface area (Å²) in [4.78, 5) is 4.28. The summed E-state index contributed by atoms with van der Waals surface area (Å²) in [5.41, 5.74) is 2.30. The molecule has 0 atom stereocenters. The summed E-state index contributed by atoms with van der Waals surface area (Å²) < 4.78 is 6.82. The number of benzene rings is 1. The van der Waals surface area contributed by atoms with E-state index in [4.69, 9.17) is 4.74 Å². The summed E-state index contributed by atoms with van der Waals surface area (Å²) in [7, 11) is 0. The van der Waals surface area contributed by atoms with E-state index in [0.717, 1.165) is 34.4 Å². The molecule has 0 saturated carbocycles. The number of pyridine rings is 1. The topological polar surface area (TPSA) is 34.1 Å². The van der Waals surface area contributed by atoms with E-state index in [2.05, 4.69) is 45.3 Å². The van der Waals surface area contributed by atoms with Crippen LogP contribution >= 0.6 is 15.9 Å². The summed E-state index contributed by atoms with van der Waals surface area (Å²) in [6.45, 7) is 4.28. The number of hydrogen-bond donors (Lipinski definition) is 1. The van der Waals surface area contributed by atoms with Crippen molar-refractivity contribution in [3.05, 3.63) is 58.2 Å². The van der Waals surface area contributed by atoms with Crippen LogP contribution in [0.15, 0.2) is 47.1 Å². The lowest BCUT2D eigenvalue weighted by atomic mass is 10.2. The molecule has 3 nitrogen and oxygen atoms in total. The molecule has 1 aromatic carbocycles. The maximum Gasteiger partial charge on any atom is 0.126 e. The van der Waals surface area contributed by atoms with Gasteiger partial charge in [0.1, 0.15) is 5.82 Å². The van der Waals surface area contributed by atoms with E-state index >= 15 is 0 Å². The summed E-state index contributed by atoms with van der Waals surface area (Å²) in [5, 5.41) is 3.28. The van der Waals surface area contributed by atoms with Crippen LogP contribution in [-0.4, -0.2) is 11.5 Å². The Hall–Kier alpha value is -1.39. The van der Waals surface area contributed by atoms with Crippen LogP contribution in [-0.2, 0) is 18.0 Å². The molecule has 0 aliphatic rings. The zero-order valence-electron chi connectivity index (χ0n) is 11.6. The lowest BCUT2D eigenvalue weighted by Gasteiger charge is -2.08. The van der Waals surface area contributed by atoms with Crippen LogP contribution in [0.2, 0.25) is 0 Å². The standard InChI is InChI=1S/C16H19BrN2O/c1-2-7-18-16-10-14(6-8-19-16)12-20-11-13-4-3-5-15(17)9-13/h3-6,8-10H,2,7,11-12H2,1H3,(H,18,19). The van der Waals surface area contributed by atoms with E-state index < -0.39 is 0 Å². The van der Waals surface area contributed by atoms with Crippen molar-refractivity contribution in [3.63, 3.8) is 0 Å². The van der Waals surface area contributed by atoms with E-state index in [1.54, 1.807) is 0 Å². The summed E-state index contributed by atoms with van der Waals surface area (Å²) >= 11 is 3.46. The van der Waals surface area contributed by atoms with Crippen LogP contribution in [0.25, 0.3) is 0 Å². The fourth-order valence-electron chi connectivity index (χ4n) is 1.83. The summed E-state index contributed by atoms with van der Waals surface area (Å²) in [5.74, 6) is 0.912. The molecule has 0 saturated heterocycles. The van der Waals surface area contributed by atoms with Gasteiger partial charge in [0.05, 0.1) is 13.2 Å². The Labute approximate surface area is 128 Å². The van der Waals surface area contributed by atoms with Gasteiger partial charge < -0.3 is 10.1 Å². The molecule has 2 aromatic rings. The van der Waals surface area contributed by atoms with Gasteiger partial charge >= 0.3 is 0 Å². The van der Waals surface area contributed by atoms with Gasteiger partial charge in [0.2, 0.25) is 0 Å². The second-order valence-electron chi connectivity index (χ2n) is 4.60. The fourth-order valence-corrected chi connectivity index (χ4v) is 2.27. The molecule has 0 fully saturated rings. The van der Waals surface area contributed by atoms with Crippen molar-refractivity contribution in [2.45, 2.75) is 26.6 Å². The Morgan fingerprint density at radius 2 is 1.95 bits per heavy atom. The van der Waals surface area contributed by atoms with E-state index in [9.17, 15) is 0 Å². The van der Waals surface area contributed by atoms with E-state index in [0.29, 0.717) is 13.2 Å². The van der Waals surface area contributed by atoms with Crippen molar-refractivity contribution in [2.75, 3.05) is 11.9 Å². The number of anilines is 1. The first kappa shape index (κ1) is 15.0. The minimum atomic E-state index is 0.593. The molecule has 0 bridgehead atoms. The monoisotopic (exact) mass is 334 g/mol. The van der Waals surface area contributed by atoms with Gasteiger partial charge in [-0.3, -0.25) is 0 Å². The van der Waals surface area contributed by atoms with Gasteiger partial charge in [0.25, 0.3) is 0 Å². The second-order valence-corrected chi connectivity index (χ2v) is 5.51. The van der Waals surface area contributed by atoms with Gasteiger partial charge in [0, 0.05) is 17.2 Å². The molecule has 0 radical (unpaired) electrons. The van der Waals surface area contributed by atoms with E-state index in [1.165, 1.54) is 0 Å².